The van der Waals surface area contributed by atoms with Crippen molar-refractivity contribution in [3.05, 3.63) is 65.1 Å². The van der Waals surface area contributed by atoms with Gasteiger partial charge < -0.3 is 16.4 Å². The first kappa shape index (κ1) is 20.1. The number of hydrogen-bond donors (Lipinski definition) is 2. The Morgan fingerprint density at radius 3 is 2.83 bits per heavy atom. The number of thioether (sulfide) groups is 1. The molecule has 0 radical (unpaired) electrons. The van der Waals surface area contributed by atoms with Gasteiger partial charge >= 0.3 is 6.18 Å². The minimum atomic E-state index is -4.36. The van der Waals surface area contributed by atoms with Gasteiger partial charge in [-0.2, -0.15) is 13.2 Å². The molecule has 2 aromatic heterocycles. The average molecular weight is 438 g/mol. The predicted molar refractivity (Wildman–Crippen MR) is 111 cm³/mol. The van der Waals surface area contributed by atoms with Crippen molar-refractivity contribution in [2.45, 2.75) is 24.1 Å². The number of pyridine rings is 1. The van der Waals surface area contributed by atoms with E-state index in [0.717, 1.165) is 32.3 Å². The Hall–Kier alpha value is -2.14. The highest BCUT2D eigenvalue weighted by atomic mass is 32.2. The number of alkyl halides is 3. The number of benzene rings is 1. The molecule has 0 bridgehead atoms. The number of fused-ring (bicyclic) bond motifs is 1. The van der Waals surface area contributed by atoms with Crippen LogP contribution in [0, 0.1) is 0 Å². The Morgan fingerprint density at radius 1 is 1.24 bits per heavy atom. The SMILES string of the molecule is NC1SC(c2nc3ccncc3s2)=CN1C[C@H](N)Cc1cccc(C(F)(F)F)c1. The van der Waals surface area contributed by atoms with Crippen LogP contribution < -0.4 is 11.5 Å². The second-order valence-corrected chi connectivity index (χ2v) is 8.91. The Bertz CT molecular complexity index is 1020. The lowest BCUT2D eigenvalue weighted by Crippen LogP contribution is -2.42. The molecule has 4 N–H and O–H groups in total. The molecule has 29 heavy (non-hydrogen) atoms. The van der Waals surface area contributed by atoms with Gasteiger partial charge in [-0.05, 0) is 24.1 Å². The molecular weight excluding hydrogens is 419 g/mol. The van der Waals surface area contributed by atoms with Crippen LogP contribution in [-0.4, -0.2) is 33.0 Å². The highest BCUT2D eigenvalue weighted by Gasteiger charge is 2.31. The van der Waals surface area contributed by atoms with Crippen molar-refractivity contribution < 1.29 is 13.2 Å². The van der Waals surface area contributed by atoms with E-state index in [-0.39, 0.29) is 11.5 Å². The molecule has 2 atom stereocenters. The van der Waals surface area contributed by atoms with Gasteiger partial charge in [-0.25, -0.2) is 4.98 Å². The summed E-state index contributed by atoms with van der Waals surface area (Å²) in [5.41, 5.74) is 12.9. The third-order valence-corrected chi connectivity index (χ3v) is 6.69. The van der Waals surface area contributed by atoms with Gasteiger partial charge in [0.25, 0.3) is 0 Å². The number of nitrogens with zero attached hydrogens (tertiary/aromatic N) is 3. The van der Waals surface area contributed by atoms with Gasteiger partial charge in [0.2, 0.25) is 0 Å². The van der Waals surface area contributed by atoms with Crippen molar-refractivity contribution in [1.29, 1.82) is 0 Å². The Labute approximate surface area is 173 Å². The molecule has 3 heterocycles. The van der Waals surface area contributed by atoms with Crippen molar-refractivity contribution >= 4 is 38.2 Å². The molecule has 0 saturated heterocycles. The van der Waals surface area contributed by atoms with Crippen molar-refractivity contribution in [2.75, 3.05) is 6.54 Å². The number of nitrogens with two attached hydrogens (primary N) is 2. The van der Waals surface area contributed by atoms with E-state index in [9.17, 15) is 13.2 Å². The van der Waals surface area contributed by atoms with E-state index < -0.39 is 11.7 Å². The Balaban J connectivity index is 1.45. The molecule has 1 aromatic carbocycles. The van der Waals surface area contributed by atoms with Crippen LogP contribution in [0.5, 0.6) is 0 Å². The lowest BCUT2D eigenvalue weighted by atomic mass is 10.0. The summed E-state index contributed by atoms with van der Waals surface area (Å²) in [5, 5.41) is 0.863. The fourth-order valence-corrected chi connectivity index (χ4v) is 5.10. The van der Waals surface area contributed by atoms with Crippen LogP contribution in [0.2, 0.25) is 0 Å². The molecule has 1 aliphatic rings. The zero-order valence-corrected chi connectivity index (χ0v) is 16.8. The fourth-order valence-electron chi connectivity index (χ4n) is 3.11. The molecule has 0 saturated carbocycles. The molecule has 0 fully saturated rings. The maximum Gasteiger partial charge on any atom is 0.416 e. The Morgan fingerprint density at radius 2 is 2.07 bits per heavy atom. The van der Waals surface area contributed by atoms with Crippen LogP contribution in [0.1, 0.15) is 16.1 Å². The van der Waals surface area contributed by atoms with E-state index in [4.69, 9.17) is 11.5 Å². The summed E-state index contributed by atoms with van der Waals surface area (Å²) < 4.78 is 39.7. The molecule has 10 heteroatoms. The molecule has 152 valence electrons. The third kappa shape index (κ3) is 4.55. The maximum atomic E-state index is 12.9. The van der Waals surface area contributed by atoms with Crippen molar-refractivity contribution in [3.8, 4) is 0 Å². The van der Waals surface area contributed by atoms with E-state index in [1.54, 1.807) is 29.8 Å². The smallest absolute Gasteiger partial charge is 0.351 e. The lowest BCUT2D eigenvalue weighted by Gasteiger charge is -2.24. The molecule has 0 amide bonds. The van der Waals surface area contributed by atoms with E-state index in [1.807, 2.05) is 17.2 Å². The van der Waals surface area contributed by atoms with Gasteiger partial charge in [0, 0.05) is 31.2 Å². The minimum absolute atomic E-state index is 0.317. The number of hydrogen-bond acceptors (Lipinski definition) is 7. The van der Waals surface area contributed by atoms with Gasteiger partial charge in [0.05, 0.1) is 20.7 Å². The van der Waals surface area contributed by atoms with Crippen molar-refractivity contribution in [2.24, 2.45) is 11.5 Å². The number of rotatable bonds is 5. The standard InChI is InChI=1S/C19H18F3N5S2/c20-19(21,22)12-3-1-2-11(6-12)7-13(23)9-27-10-16(29-18(27)24)17-26-14-4-5-25-8-15(14)28-17/h1-6,8,10,13,18H,7,9,23-24H2/t13-,18?/m1/s1. The molecule has 4 rings (SSSR count). The number of aromatic nitrogens is 2. The largest absolute Gasteiger partial charge is 0.416 e. The summed E-state index contributed by atoms with van der Waals surface area (Å²) in [7, 11) is 0. The summed E-state index contributed by atoms with van der Waals surface area (Å²) in [6.45, 7) is 0.431. The highest BCUT2D eigenvalue weighted by molar-refractivity contribution is 8.09. The van der Waals surface area contributed by atoms with E-state index >= 15 is 0 Å². The number of halogens is 3. The quantitative estimate of drug-likeness (QED) is 0.631. The second kappa shape index (κ2) is 7.94. The second-order valence-electron chi connectivity index (χ2n) is 6.72. The summed E-state index contributed by atoms with van der Waals surface area (Å²) >= 11 is 3.03. The third-order valence-electron chi connectivity index (χ3n) is 4.46. The lowest BCUT2D eigenvalue weighted by molar-refractivity contribution is -0.137. The van der Waals surface area contributed by atoms with Crippen LogP contribution in [0.4, 0.5) is 13.2 Å². The van der Waals surface area contributed by atoms with Crippen LogP contribution in [0.15, 0.2) is 48.9 Å². The van der Waals surface area contributed by atoms with Crippen LogP contribution in [0.3, 0.4) is 0 Å². The predicted octanol–water partition coefficient (Wildman–Crippen LogP) is 3.87. The molecular formula is C19H18F3N5S2. The first-order valence-electron chi connectivity index (χ1n) is 8.82. The summed E-state index contributed by atoms with van der Waals surface area (Å²) in [6, 6.07) is 6.77. The number of thiazole rings is 1. The molecule has 3 aromatic rings. The first-order chi connectivity index (χ1) is 13.8. The van der Waals surface area contributed by atoms with Gasteiger partial charge in [-0.1, -0.05) is 30.0 Å². The zero-order valence-electron chi connectivity index (χ0n) is 15.1. The minimum Gasteiger partial charge on any atom is -0.351 e. The highest BCUT2D eigenvalue weighted by Crippen LogP contribution is 2.40. The molecule has 5 nitrogen and oxygen atoms in total. The van der Waals surface area contributed by atoms with Crippen molar-refractivity contribution in [1.82, 2.24) is 14.9 Å². The Kier molecular flexibility index (Phi) is 5.52. The molecule has 1 unspecified atom stereocenters. The van der Waals surface area contributed by atoms with Gasteiger partial charge in [0.15, 0.2) is 0 Å². The topological polar surface area (TPSA) is 81.1 Å². The summed E-state index contributed by atoms with van der Waals surface area (Å²) in [5.74, 6) is 0. The van der Waals surface area contributed by atoms with Crippen LogP contribution in [-0.2, 0) is 12.6 Å². The van der Waals surface area contributed by atoms with Gasteiger partial charge in [-0.3, -0.25) is 4.98 Å². The van der Waals surface area contributed by atoms with Gasteiger partial charge in [0.1, 0.15) is 10.5 Å². The van der Waals surface area contributed by atoms with Crippen molar-refractivity contribution in [3.63, 3.8) is 0 Å². The van der Waals surface area contributed by atoms with E-state index in [0.29, 0.717) is 18.5 Å². The van der Waals surface area contributed by atoms with E-state index in [2.05, 4.69) is 9.97 Å². The summed E-state index contributed by atoms with van der Waals surface area (Å²) in [6.07, 6.45) is 1.37. The average Bonchev–Trinajstić information content (AvgIpc) is 3.25. The van der Waals surface area contributed by atoms with Crippen LogP contribution in [0.25, 0.3) is 15.1 Å². The van der Waals surface area contributed by atoms with E-state index in [1.165, 1.54) is 17.8 Å². The first-order valence-corrected chi connectivity index (χ1v) is 10.5. The van der Waals surface area contributed by atoms with Gasteiger partial charge in [-0.15, -0.1) is 11.3 Å². The molecule has 0 spiro atoms. The normalized spacial score (nSPS) is 18.3. The fraction of sp³-hybridized carbons (Fsp3) is 0.263. The summed E-state index contributed by atoms with van der Waals surface area (Å²) in [4.78, 5) is 11.6. The molecule has 0 aliphatic carbocycles. The maximum absolute atomic E-state index is 12.9. The van der Waals surface area contributed by atoms with Crippen LogP contribution >= 0.6 is 23.1 Å². The zero-order chi connectivity index (χ0) is 20.6. The monoisotopic (exact) mass is 437 g/mol. The molecule has 1 aliphatic heterocycles.